The van der Waals surface area contributed by atoms with Crippen molar-refractivity contribution in [3.05, 3.63) is 52.7 Å². The number of hydrogen-bond donors (Lipinski definition) is 1. The fourth-order valence-electron chi connectivity index (χ4n) is 1.92. The topological polar surface area (TPSA) is 34.4 Å². The van der Waals surface area contributed by atoms with Crippen molar-refractivity contribution in [3.63, 3.8) is 0 Å². The Bertz CT molecular complexity index is 595. The Hall–Kier alpha value is -1.52. The van der Waals surface area contributed by atoms with Crippen molar-refractivity contribution in [2.24, 2.45) is 0 Å². The summed E-state index contributed by atoms with van der Waals surface area (Å²) in [4.78, 5) is 0. The molecule has 0 aliphatic heterocycles. The fourth-order valence-corrected chi connectivity index (χ4v) is 2.14. The average Bonchev–Trinajstić information content (AvgIpc) is 3.14. The molecule has 0 saturated heterocycles. The number of ether oxygens (including phenoxy) is 1. The van der Waals surface area contributed by atoms with Crippen LogP contribution in [0.15, 0.2) is 34.9 Å². The molecule has 106 valence electrons. The lowest BCUT2D eigenvalue weighted by Crippen LogP contribution is -2.16. The summed E-state index contributed by atoms with van der Waals surface area (Å²) < 4.78 is 24.0. The van der Waals surface area contributed by atoms with Crippen LogP contribution in [0.2, 0.25) is 5.02 Å². The zero-order valence-electron chi connectivity index (χ0n) is 10.9. The zero-order valence-corrected chi connectivity index (χ0v) is 11.6. The maximum absolute atomic E-state index is 12.9. The first-order valence-electron chi connectivity index (χ1n) is 6.59. The van der Waals surface area contributed by atoms with E-state index in [0.717, 1.165) is 11.3 Å². The third kappa shape index (κ3) is 3.32. The van der Waals surface area contributed by atoms with Gasteiger partial charge >= 0.3 is 0 Å². The fraction of sp³-hybridized carbons (Fsp3) is 0.333. The lowest BCUT2D eigenvalue weighted by Gasteiger charge is -2.08. The summed E-state index contributed by atoms with van der Waals surface area (Å²) in [6.45, 7) is 1.05. The normalized spacial score (nSPS) is 14.5. The van der Waals surface area contributed by atoms with Crippen LogP contribution in [0.4, 0.5) is 4.39 Å². The molecule has 0 spiro atoms. The van der Waals surface area contributed by atoms with Crippen LogP contribution in [0.5, 0.6) is 5.75 Å². The van der Waals surface area contributed by atoms with E-state index in [1.165, 1.54) is 31.0 Å². The van der Waals surface area contributed by atoms with Crippen molar-refractivity contribution in [3.8, 4) is 5.75 Å². The van der Waals surface area contributed by atoms with E-state index in [0.29, 0.717) is 24.9 Å². The van der Waals surface area contributed by atoms with Crippen molar-refractivity contribution >= 4 is 11.6 Å². The van der Waals surface area contributed by atoms with Crippen molar-refractivity contribution in [2.75, 3.05) is 0 Å². The predicted molar refractivity (Wildman–Crippen MR) is 74.3 cm³/mol. The average molecular weight is 296 g/mol. The van der Waals surface area contributed by atoms with Gasteiger partial charge in [0, 0.05) is 11.6 Å². The van der Waals surface area contributed by atoms with E-state index in [-0.39, 0.29) is 10.8 Å². The number of hydrogen-bond acceptors (Lipinski definition) is 3. The van der Waals surface area contributed by atoms with E-state index in [1.54, 1.807) is 6.26 Å². The SMILES string of the molecule is Fc1ccc(OCc2ccoc2CNC2CC2)c(Cl)c1. The van der Waals surface area contributed by atoms with Gasteiger partial charge in [-0.15, -0.1) is 0 Å². The third-order valence-electron chi connectivity index (χ3n) is 3.24. The van der Waals surface area contributed by atoms with E-state index < -0.39 is 0 Å². The van der Waals surface area contributed by atoms with Crippen LogP contribution >= 0.6 is 11.6 Å². The van der Waals surface area contributed by atoms with E-state index in [9.17, 15) is 4.39 Å². The quantitative estimate of drug-likeness (QED) is 0.877. The van der Waals surface area contributed by atoms with Gasteiger partial charge in [0.15, 0.2) is 0 Å². The molecular formula is C15H15ClFNO2. The monoisotopic (exact) mass is 295 g/mol. The summed E-state index contributed by atoms with van der Waals surface area (Å²) in [5.41, 5.74) is 0.971. The molecule has 20 heavy (non-hydrogen) atoms. The Morgan fingerprint density at radius 3 is 2.95 bits per heavy atom. The summed E-state index contributed by atoms with van der Waals surface area (Å²) in [7, 11) is 0. The van der Waals surface area contributed by atoms with Gasteiger partial charge in [-0.1, -0.05) is 11.6 Å². The molecule has 5 heteroatoms. The second kappa shape index (κ2) is 5.85. The van der Waals surface area contributed by atoms with Crippen molar-refractivity contribution in [1.29, 1.82) is 0 Å². The second-order valence-electron chi connectivity index (χ2n) is 4.89. The Morgan fingerprint density at radius 1 is 1.35 bits per heavy atom. The molecule has 0 amide bonds. The van der Waals surface area contributed by atoms with Gasteiger partial charge in [-0.3, -0.25) is 0 Å². The summed E-state index contributed by atoms with van der Waals surface area (Å²) in [6.07, 6.45) is 4.12. The first-order chi connectivity index (χ1) is 9.72. The molecule has 1 aromatic heterocycles. The Labute approximate surface area is 121 Å². The Morgan fingerprint density at radius 2 is 2.20 bits per heavy atom. The molecule has 1 aliphatic rings. The first kappa shape index (κ1) is 13.5. The van der Waals surface area contributed by atoms with Crippen molar-refractivity contribution in [1.82, 2.24) is 5.32 Å². The third-order valence-corrected chi connectivity index (χ3v) is 3.54. The molecule has 1 aliphatic carbocycles. The molecule has 3 rings (SSSR count). The van der Waals surface area contributed by atoms with Gasteiger partial charge in [0.25, 0.3) is 0 Å². The van der Waals surface area contributed by atoms with E-state index >= 15 is 0 Å². The summed E-state index contributed by atoms with van der Waals surface area (Å²) in [6, 6.07) is 6.59. The molecule has 0 bridgehead atoms. The largest absolute Gasteiger partial charge is 0.487 e. The minimum atomic E-state index is -0.375. The van der Waals surface area contributed by atoms with Gasteiger partial charge in [-0.25, -0.2) is 4.39 Å². The van der Waals surface area contributed by atoms with Crippen molar-refractivity contribution < 1.29 is 13.5 Å². The van der Waals surface area contributed by atoms with Crippen LogP contribution in [0.25, 0.3) is 0 Å². The number of rotatable bonds is 6. The maximum atomic E-state index is 12.9. The number of furan rings is 1. The smallest absolute Gasteiger partial charge is 0.138 e. The highest BCUT2D eigenvalue weighted by Crippen LogP contribution is 2.26. The van der Waals surface area contributed by atoms with E-state index in [4.69, 9.17) is 20.8 Å². The van der Waals surface area contributed by atoms with Gasteiger partial charge < -0.3 is 14.5 Å². The van der Waals surface area contributed by atoms with Gasteiger partial charge in [0.05, 0.1) is 17.8 Å². The molecular weight excluding hydrogens is 281 g/mol. The van der Waals surface area contributed by atoms with Gasteiger partial charge in [-0.05, 0) is 37.1 Å². The van der Waals surface area contributed by atoms with Crippen LogP contribution in [-0.2, 0) is 13.2 Å². The highest BCUT2D eigenvalue weighted by atomic mass is 35.5. The Balaban J connectivity index is 1.61. The molecule has 1 fully saturated rings. The maximum Gasteiger partial charge on any atom is 0.138 e. The molecule has 0 unspecified atom stereocenters. The van der Waals surface area contributed by atoms with Crippen molar-refractivity contribution in [2.45, 2.75) is 32.0 Å². The summed E-state index contributed by atoms with van der Waals surface area (Å²) in [5, 5.41) is 3.66. The van der Waals surface area contributed by atoms with Crippen LogP contribution in [-0.4, -0.2) is 6.04 Å². The Kier molecular flexibility index (Phi) is 3.94. The van der Waals surface area contributed by atoms with Crippen LogP contribution < -0.4 is 10.1 Å². The van der Waals surface area contributed by atoms with Gasteiger partial charge in [0.2, 0.25) is 0 Å². The first-order valence-corrected chi connectivity index (χ1v) is 6.96. The van der Waals surface area contributed by atoms with Crippen LogP contribution in [0.1, 0.15) is 24.2 Å². The number of benzene rings is 1. The van der Waals surface area contributed by atoms with E-state index in [1.807, 2.05) is 6.07 Å². The van der Waals surface area contributed by atoms with Gasteiger partial charge in [0.1, 0.15) is 23.9 Å². The van der Waals surface area contributed by atoms with Crippen LogP contribution in [0.3, 0.4) is 0 Å². The number of nitrogens with one attached hydrogen (secondary N) is 1. The number of halogens is 2. The highest BCUT2D eigenvalue weighted by Gasteiger charge is 2.21. The molecule has 3 nitrogen and oxygen atoms in total. The molecule has 1 saturated carbocycles. The summed E-state index contributed by atoms with van der Waals surface area (Å²) in [5.74, 6) is 0.963. The summed E-state index contributed by atoms with van der Waals surface area (Å²) >= 11 is 5.92. The standard InChI is InChI=1S/C15H15ClFNO2/c16-13-7-11(17)1-4-14(13)20-9-10-5-6-19-15(10)8-18-12-2-3-12/h1,4-7,12,18H,2-3,8-9H2. The zero-order chi connectivity index (χ0) is 13.9. The lowest BCUT2D eigenvalue weighted by molar-refractivity contribution is 0.301. The molecule has 0 radical (unpaired) electrons. The molecule has 2 aromatic rings. The molecule has 1 aromatic carbocycles. The van der Waals surface area contributed by atoms with E-state index in [2.05, 4.69) is 5.32 Å². The minimum Gasteiger partial charge on any atom is -0.487 e. The molecule has 1 heterocycles. The molecule has 1 N–H and O–H groups in total. The van der Waals surface area contributed by atoms with Crippen LogP contribution in [0, 0.1) is 5.82 Å². The second-order valence-corrected chi connectivity index (χ2v) is 5.29. The van der Waals surface area contributed by atoms with Gasteiger partial charge in [-0.2, -0.15) is 0 Å². The predicted octanol–water partition coefficient (Wildman–Crippen LogP) is 3.90. The minimum absolute atomic E-state index is 0.270. The highest BCUT2D eigenvalue weighted by molar-refractivity contribution is 6.32. The lowest BCUT2D eigenvalue weighted by atomic mass is 10.2. The molecule has 0 atom stereocenters.